The second-order valence-corrected chi connectivity index (χ2v) is 5.91. The molecule has 26 heavy (non-hydrogen) atoms. The molecule has 0 spiro atoms. The van der Waals surface area contributed by atoms with E-state index in [0.717, 1.165) is 25.3 Å². The van der Waals surface area contributed by atoms with Crippen LogP contribution >= 0.6 is 24.8 Å². The Morgan fingerprint density at radius 3 is 2.54 bits per heavy atom. The van der Waals surface area contributed by atoms with Crippen LogP contribution in [0.15, 0.2) is 21.3 Å². The summed E-state index contributed by atoms with van der Waals surface area (Å²) in [4.78, 5) is 21.0. The first-order chi connectivity index (χ1) is 11.6. The molecule has 1 amide bonds. The van der Waals surface area contributed by atoms with E-state index in [2.05, 4.69) is 15.0 Å². The smallest absolute Gasteiger partial charge is 0.257 e. The molecule has 1 atom stereocenters. The lowest BCUT2D eigenvalue weighted by molar-refractivity contribution is 0.0551. The molecule has 1 aliphatic rings. The topological polar surface area (TPSA) is 102 Å². The minimum Gasteiger partial charge on any atom is -0.467 e. The maximum Gasteiger partial charge on any atom is 0.257 e. The first-order valence-electron chi connectivity index (χ1n) is 8.25. The molecule has 0 aliphatic carbocycles. The van der Waals surface area contributed by atoms with Crippen molar-refractivity contribution in [1.29, 1.82) is 0 Å². The van der Waals surface area contributed by atoms with Gasteiger partial charge in [-0.15, -0.1) is 24.8 Å². The monoisotopic (exact) mass is 405 g/mol. The van der Waals surface area contributed by atoms with Crippen molar-refractivity contribution in [3.63, 3.8) is 0 Å². The molecule has 2 N–H and O–H groups in total. The molecule has 146 valence electrons. The molecule has 1 saturated heterocycles. The van der Waals surface area contributed by atoms with Crippen LogP contribution in [0.1, 0.15) is 47.7 Å². The summed E-state index contributed by atoms with van der Waals surface area (Å²) in [6, 6.07) is 1.76. The summed E-state index contributed by atoms with van der Waals surface area (Å²) in [6.45, 7) is 7.17. The molecule has 0 saturated carbocycles. The fourth-order valence-corrected chi connectivity index (χ4v) is 2.83. The van der Waals surface area contributed by atoms with E-state index in [4.69, 9.17) is 14.7 Å². The standard InChI is InChI=1S/C16H23N5O3.2ClH/c1-3-14-18-15(24-19-14)11(2)20-4-6-21(7-5-20)16(22)12-8-13(9-17)23-10-12;;/h8,10-11H,3-7,9,17H2,1-2H3;2*1H. The maximum atomic E-state index is 12.5. The number of hydrogen-bond donors (Lipinski definition) is 1. The summed E-state index contributed by atoms with van der Waals surface area (Å²) >= 11 is 0. The lowest BCUT2D eigenvalue weighted by Gasteiger charge is -2.36. The molecule has 8 nitrogen and oxygen atoms in total. The Kier molecular flexibility index (Phi) is 8.55. The highest BCUT2D eigenvalue weighted by molar-refractivity contribution is 5.94. The van der Waals surface area contributed by atoms with E-state index in [1.807, 2.05) is 18.7 Å². The van der Waals surface area contributed by atoms with E-state index >= 15 is 0 Å². The average molecular weight is 406 g/mol. The third-order valence-corrected chi connectivity index (χ3v) is 4.41. The third-order valence-electron chi connectivity index (χ3n) is 4.41. The van der Waals surface area contributed by atoms with Gasteiger partial charge >= 0.3 is 0 Å². The summed E-state index contributed by atoms with van der Waals surface area (Å²) in [6.07, 6.45) is 2.23. The van der Waals surface area contributed by atoms with Gasteiger partial charge in [0.1, 0.15) is 12.0 Å². The molecule has 0 bridgehead atoms. The predicted octanol–water partition coefficient (Wildman–Crippen LogP) is 2.05. The minimum absolute atomic E-state index is 0. The van der Waals surface area contributed by atoms with Gasteiger partial charge in [-0.3, -0.25) is 9.69 Å². The number of nitrogens with zero attached hydrogens (tertiary/aromatic N) is 4. The van der Waals surface area contributed by atoms with Gasteiger partial charge in [-0.25, -0.2) is 0 Å². The summed E-state index contributed by atoms with van der Waals surface area (Å²) in [5, 5.41) is 3.95. The van der Waals surface area contributed by atoms with Gasteiger partial charge < -0.3 is 19.6 Å². The normalized spacial score (nSPS) is 15.9. The average Bonchev–Trinajstić information content (AvgIpc) is 3.29. The molecule has 2 aromatic heterocycles. The number of carbonyl (C=O) groups is 1. The molecule has 1 fully saturated rings. The SMILES string of the molecule is CCc1noc(C(C)N2CCN(C(=O)c3coc(CN)c3)CC2)n1.Cl.Cl. The van der Waals surface area contributed by atoms with Crippen molar-refractivity contribution < 1.29 is 13.7 Å². The van der Waals surface area contributed by atoms with Gasteiger partial charge in [0.15, 0.2) is 5.82 Å². The highest BCUT2D eigenvalue weighted by atomic mass is 35.5. The van der Waals surface area contributed by atoms with Gasteiger partial charge in [-0.2, -0.15) is 4.98 Å². The molecular formula is C16H25Cl2N5O3. The van der Waals surface area contributed by atoms with Crippen LogP contribution < -0.4 is 5.73 Å². The molecule has 0 radical (unpaired) electrons. The summed E-state index contributed by atoms with van der Waals surface area (Å²) in [7, 11) is 0. The molecular weight excluding hydrogens is 381 g/mol. The van der Waals surface area contributed by atoms with Crippen molar-refractivity contribution in [2.24, 2.45) is 5.73 Å². The zero-order valence-electron chi connectivity index (χ0n) is 14.9. The van der Waals surface area contributed by atoms with Gasteiger partial charge in [0.25, 0.3) is 5.91 Å². The summed E-state index contributed by atoms with van der Waals surface area (Å²) in [5.41, 5.74) is 6.07. The Bertz CT molecular complexity index is 698. The highest BCUT2D eigenvalue weighted by Crippen LogP contribution is 2.21. The van der Waals surface area contributed by atoms with Crippen LogP contribution in [0.25, 0.3) is 0 Å². The first kappa shape index (κ1) is 22.4. The minimum atomic E-state index is -0.0168. The van der Waals surface area contributed by atoms with Crippen LogP contribution in [-0.2, 0) is 13.0 Å². The highest BCUT2D eigenvalue weighted by Gasteiger charge is 2.28. The molecule has 0 aromatic carbocycles. The van der Waals surface area contributed by atoms with Gasteiger partial charge in [0.05, 0.1) is 18.2 Å². The van der Waals surface area contributed by atoms with Crippen molar-refractivity contribution in [3.05, 3.63) is 35.4 Å². The number of hydrogen-bond acceptors (Lipinski definition) is 7. The van der Waals surface area contributed by atoms with Crippen LogP contribution in [0.4, 0.5) is 0 Å². The fraction of sp³-hybridized carbons (Fsp3) is 0.562. The van der Waals surface area contributed by atoms with Gasteiger partial charge in [-0.05, 0) is 13.0 Å². The largest absolute Gasteiger partial charge is 0.467 e. The van der Waals surface area contributed by atoms with Crippen molar-refractivity contribution in [1.82, 2.24) is 19.9 Å². The number of nitrogens with two attached hydrogens (primary N) is 1. The van der Waals surface area contributed by atoms with Crippen molar-refractivity contribution in [2.75, 3.05) is 26.2 Å². The quantitative estimate of drug-likeness (QED) is 0.811. The van der Waals surface area contributed by atoms with E-state index in [0.29, 0.717) is 36.8 Å². The van der Waals surface area contributed by atoms with Gasteiger partial charge in [0.2, 0.25) is 5.89 Å². The summed E-state index contributed by atoms with van der Waals surface area (Å²) < 4.78 is 10.6. The fourth-order valence-electron chi connectivity index (χ4n) is 2.83. The van der Waals surface area contributed by atoms with E-state index < -0.39 is 0 Å². The lowest BCUT2D eigenvalue weighted by atomic mass is 10.2. The van der Waals surface area contributed by atoms with E-state index in [9.17, 15) is 4.79 Å². The number of aryl methyl sites for hydroxylation is 1. The maximum absolute atomic E-state index is 12.5. The lowest BCUT2D eigenvalue weighted by Crippen LogP contribution is -2.49. The molecule has 1 aliphatic heterocycles. The van der Waals surface area contributed by atoms with Crippen LogP contribution in [0, 0.1) is 0 Å². The zero-order chi connectivity index (χ0) is 17.1. The molecule has 1 unspecified atom stereocenters. The number of rotatable bonds is 5. The summed E-state index contributed by atoms with van der Waals surface area (Å²) in [5.74, 6) is 1.96. The van der Waals surface area contributed by atoms with Crippen molar-refractivity contribution >= 4 is 30.7 Å². The van der Waals surface area contributed by atoms with Gasteiger partial charge in [-0.1, -0.05) is 12.1 Å². The Hall–Kier alpha value is -1.61. The van der Waals surface area contributed by atoms with Crippen LogP contribution in [0.3, 0.4) is 0 Å². The van der Waals surface area contributed by atoms with Crippen molar-refractivity contribution in [3.8, 4) is 0 Å². The zero-order valence-corrected chi connectivity index (χ0v) is 16.5. The van der Waals surface area contributed by atoms with Crippen LogP contribution in [0.2, 0.25) is 0 Å². The molecule has 3 rings (SSSR count). The van der Waals surface area contributed by atoms with Crippen molar-refractivity contribution in [2.45, 2.75) is 32.9 Å². The Labute approximate surface area is 164 Å². The second-order valence-electron chi connectivity index (χ2n) is 5.91. The molecule has 3 heterocycles. The first-order valence-corrected chi connectivity index (χ1v) is 8.25. The number of piperazine rings is 1. The predicted molar refractivity (Wildman–Crippen MR) is 101 cm³/mol. The van der Waals surface area contributed by atoms with E-state index in [1.54, 1.807) is 6.07 Å². The number of amides is 1. The van der Waals surface area contributed by atoms with Crippen LogP contribution in [-0.4, -0.2) is 52.0 Å². The Balaban J connectivity index is 0.00000169. The van der Waals surface area contributed by atoms with E-state index in [-0.39, 0.29) is 36.8 Å². The Morgan fingerprint density at radius 1 is 1.31 bits per heavy atom. The number of halogens is 2. The third kappa shape index (κ3) is 4.76. The second kappa shape index (κ2) is 9.91. The van der Waals surface area contributed by atoms with Crippen LogP contribution in [0.5, 0.6) is 0 Å². The number of furan rings is 1. The van der Waals surface area contributed by atoms with Gasteiger partial charge in [0, 0.05) is 32.6 Å². The van der Waals surface area contributed by atoms with E-state index in [1.165, 1.54) is 6.26 Å². The molecule has 10 heteroatoms. The number of carbonyl (C=O) groups excluding carboxylic acids is 1. The molecule has 2 aromatic rings. The number of aromatic nitrogens is 2. The Morgan fingerprint density at radius 2 is 2.00 bits per heavy atom.